The van der Waals surface area contributed by atoms with Crippen molar-refractivity contribution < 1.29 is 167 Å². The normalized spacial score (nSPS) is 12.8. The number of Topliss-reactive ketones (excluding diaryl/α,β-unsaturated/α-hetero) is 2. The van der Waals surface area contributed by atoms with Gasteiger partial charge in [0, 0.05) is 28.1 Å². The van der Waals surface area contributed by atoms with E-state index in [0.717, 1.165) is 50.6 Å². The molecule has 0 radical (unpaired) electrons. The van der Waals surface area contributed by atoms with Crippen LogP contribution in [0.15, 0.2) is 121 Å². The number of imide groups is 1. The molecule has 66 heavy (non-hydrogen) atoms. The summed E-state index contributed by atoms with van der Waals surface area (Å²) in [6.07, 6.45) is 0.0549. The van der Waals surface area contributed by atoms with Crippen LogP contribution in [0.2, 0.25) is 0 Å². The van der Waals surface area contributed by atoms with Gasteiger partial charge in [0.05, 0.1) is 38.3 Å². The molecule has 4 aliphatic rings. The summed E-state index contributed by atoms with van der Waals surface area (Å²) in [5.41, 5.74) is 7.70. The Balaban J connectivity index is 0.000000270. The minimum absolute atomic E-state index is 0. The third-order valence-electron chi connectivity index (χ3n) is 10.2. The van der Waals surface area contributed by atoms with Crippen LogP contribution in [-0.2, 0) is 22.1 Å². The molecule has 3 aliphatic heterocycles. The van der Waals surface area contributed by atoms with Crippen LogP contribution in [0.3, 0.4) is 0 Å². The Kier molecular flexibility index (Phi) is 21.1. The second-order valence-corrected chi connectivity index (χ2v) is 14.1. The summed E-state index contributed by atoms with van der Waals surface area (Å²) in [6.45, 7) is 0.487. The predicted molar refractivity (Wildman–Crippen MR) is 234 cm³/mol. The van der Waals surface area contributed by atoms with Crippen molar-refractivity contribution >= 4 is 41.5 Å². The van der Waals surface area contributed by atoms with E-state index in [1.807, 2.05) is 72.8 Å². The number of hydrogen-bond acceptors (Lipinski definition) is 13. The zero-order chi connectivity index (χ0) is 44.5. The molecule has 0 fully saturated rings. The molecule has 17 heteroatoms. The molecule has 0 saturated carbocycles. The van der Waals surface area contributed by atoms with E-state index in [-0.39, 0.29) is 168 Å². The summed E-state index contributed by atoms with van der Waals surface area (Å²) in [7, 11) is 3.27. The van der Waals surface area contributed by atoms with Crippen molar-refractivity contribution in [2.24, 2.45) is 0 Å². The molecule has 0 N–H and O–H groups in total. The zero-order valence-electron chi connectivity index (χ0n) is 36.8. The first kappa shape index (κ1) is 54.2. The first-order chi connectivity index (χ1) is 30.7. The number of fused-ring (bicyclic) bond motifs is 4. The van der Waals surface area contributed by atoms with E-state index in [2.05, 4.69) is 4.89 Å². The summed E-state index contributed by atoms with van der Waals surface area (Å²) in [5.74, 6) is 4.25. The van der Waals surface area contributed by atoms with Gasteiger partial charge in [0.2, 0.25) is 13.6 Å². The maximum absolute atomic E-state index is 12.7. The molecule has 3 heterocycles. The molecule has 14 nitrogen and oxygen atoms in total. The van der Waals surface area contributed by atoms with E-state index in [9.17, 15) is 19.2 Å². The van der Waals surface area contributed by atoms with Gasteiger partial charge in [0.25, 0.3) is 18.3 Å². The molecule has 2 amide bonds. The number of halogens is 1. The fraction of sp³-hybridized carbons (Fsp3) is 0.163. The molecule has 6 aromatic rings. The first-order valence-electron chi connectivity index (χ1n) is 19.2. The Morgan fingerprint density at radius 2 is 1.00 bits per heavy atom. The van der Waals surface area contributed by atoms with E-state index in [4.69, 9.17) is 50.1 Å². The molecule has 0 spiro atoms. The number of alkyl halides is 1. The van der Waals surface area contributed by atoms with E-state index >= 15 is 0 Å². The van der Waals surface area contributed by atoms with Crippen molar-refractivity contribution in [2.45, 2.75) is 26.3 Å². The van der Waals surface area contributed by atoms with E-state index in [1.165, 1.54) is 4.90 Å². The minimum atomic E-state index is -0.272. The molecule has 0 saturated heterocycles. The van der Waals surface area contributed by atoms with Crippen LogP contribution in [-0.4, -0.2) is 62.6 Å². The summed E-state index contributed by atoms with van der Waals surface area (Å²) in [6, 6.07) is 36.9. The Morgan fingerprint density at radius 3 is 1.42 bits per heavy atom. The van der Waals surface area contributed by atoms with Gasteiger partial charge in [-0.3, -0.25) is 28.9 Å². The largest absolute Gasteiger partial charge is 1.00 e. The number of rotatable bonds is 8. The van der Waals surface area contributed by atoms with Gasteiger partial charge in [0.1, 0.15) is 11.5 Å². The van der Waals surface area contributed by atoms with Gasteiger partial charge in [-0.2, -0.15) is 0 Å². The van der Waals surface area contributed by atoms with Gasteiger partial charge in [-0.25, -0.2) is 0 Å². The monoisotopic (exact) mass is 965 g/mol. The Hall–Kier alpha value is -4.41. The van der Waals surface area contributed by atoms with Crippen molar-refractivity contribution in [1.82, 2.24) is 4.90 Å². The summed E-state index contributed by atoms with van der Waals surface area (Å²) in [5, 5.41) is 8.43. The van der Waals surface area contributed by atoms with Gasteiger partial charge in [-0.05, 0) is 82.9 Å². The quantitative estimate of drug-likeness (QED) is 0.0414. The van der Waals surface area contributed by atoms with Gasteiger partial charge < -0.3 is 40.0 Å². The Labute approximate surface area is 472 Å². The third kappa shape index (κ3) is 12.4. The third-order valence-corrected chi connectivity index (χ3v) is 10.5. The second-order valence-electron chi connectivity index (χ2n) is 13.8. The molecule has 10 rings (SSSR count). The molecule has 330 valence electrons. The maximum atomic E-state index is 12.7. The molecule has 6 aromatic carbocycles. The summed E-state index contributed by atoms with van der Waals surface area (Å²) in [4.78, 5) is 60.0. The van der Waals surface area contributed by atoms with Crippen molar-refractivity contribution in [1.29, 1.82) is 0 Å². The number of carbonyl (C=O) groups excluding carboxylic acids is 5. The van der Waals surface area contributed by atoms with E-state index < -0.39 is 0 Å². The average molecular weight is 967 g/mol. The smallest absolute Gasteiger partial charge is 1.00 e. The van der Waals surface area contributed by atoms with Crippen LogP contribution in [0.1, 0.15) is 67.8 Å². The molecule has 0 bridgehead atoms. The number of ether oxygens (including phenoxy) is 6. The van der Waals surface area contributed by atoms with Crippen LogP contribution < -0.4 is 136 Å². The Bertz CT molecular complexity index is 2670. The predicted octanol–water partition coefficient (Wildman–Crippen LogP) is 2.36. The fourth-order valence-electron chi connectivity index (χ4n) is 7.14. The topological polar surface area (TPSA) is 176 Å². The van der Waals surface area contributed by atoms with Gasteiger partial charge in [-0.15, -0.1) is 11.6 Å². The van der Waals surface area contributed by atoms with Crippen molar-refractivity contribution in [3.05, 3.63) is 155 Å². The van der Waals surface area contributed by atoms with Crippen LogP contribution in [0.5, 0.6) is 34.5 Å². The van der Waals surface area contributed by atoms with Gasteiger partial charge >= 0.3 is 103 Å². The SMILES string of the molecule is C.COc1ccc(CCl)cc1-c1ccc2c(c1)OCO2.COc1ccc(CN2C(=O)c3ccccc3C2=O)cc1-c1ccc2c(c1)OCO2.O=C1CC(=O)c2ccccc21.O=CO[O-].[H-].[K+].[K+]. The number of benzene rings is 6. The molecule has 1 aliphatic carbocycles. The summed E-state index contributed by atoms with van der Waals surface area (Å²) < 4.78 is 32.5. The van der Waals surface area contributed by atoms with Crippen LogP contribution in [0, 0.1) is 0 Å². The Morgan fingerprint density at radius 1 is 0.591 bits per heavy atom. The maximum Gasteiger partial charge on any atom is 1.00 e. The molecule has 0 aromatic heterocycles. The second kappa shape index (κ2) is 25.6. The summed E-state index contributed by atoms with van der Waals surface area (Å²) >= 11 is 5.89. The number of hydrogen-bond donors (Lipinski definition) is 0. The van der Waals surface area contributed by atoms with Crippen LogP contribution >= 0.6 is 11.6 Å². The zero-order valence-corrected chi connectivity index (χ0v) is 42.8. The van der Waals surface area contributed by atoms with Gasteiger partial charge in [0.15, 0.2) is 34.6 Å². The first-order valence-corrected chi connectivity index (χ1v) is 19.7. The van der Waals surface area contributed by atoms with E-state index in [0.29, 0.717) is 45.4 Å². The fourth-order valence-corrected chi connectivity index (χ4v) is 7.31. The van der Waals surface area contributed by atoms with Crippen molar-refractivity contribution in [3.8, 4) is 56.8 Å². The van der Waals surface area contributed by atoms with E-state index in [1.54, 1.807) is 62.8 Å². The van der Waals surface area contributed by atoms with Crippen LogP contribution in [0.4, 0.5) is 0 Å². The molecule has 0 atom stereocenters. The number of carbonyl (C=O) groups is 5. The molecular formula is C49H42ClK2NO13. The van der Waals surface area contributed by atoms with Crippen molar-refractivity contribution in [3.63, 3.8) is 0 Å². The number of nitrogens with zero attached hydrogens (tertiary/aromatic N) is 1. The molecular weight excluding hydrogens is 924 g/mol. The van der Waals surface area contributed by atoms with Crippen LogP contribution in [0.25, 0.3) is 22.3 Å². The molecule has 0 unspecified atom stereocenters. The van der Waals surface area contributed by atoms with Crippen molar-refractivity contribution in [2.75, 3.05) is 27.8 Å². The number of ketones is 2. The minimum Gasteiger partial charge on any atom is -1.00 e. The number of amides is 2. The standard InChI is InChI=1S/C23H17NO5.C15H13ClO3.C9H6O2.CH2O3.CH4.2K.H/c1-27-19-8-6-14(10-18(19)15-7-9-20-21(11-15)29-13-28-20)12-24-22(25)16-4-2-3-5-17(16)23(24)26;1-17-13-4-2-10(8-16)6-12(13)11-3-5-14-15(7-11)19-9-18-14;10-8-5-9(11)7-4-2-1-3-6(7)8;2-1-4-3;;;;/h2-11H,12-13H2,1H3;2-7H,8-9H2,1H3;1-4H,5H2;1,3H;1H4;;;/q;;;;;2*+1;-1/p-1. The van der Waals surface area contributed by atoms with Gasteiger partial charge in [-0.1, -0.05) is 68.1 Å². The average Bonchev–Trinajstić information content (AvgIpc) is 4.12. The number of methoxy groups -OCH3 is 2.